The summed E-state index contributed by atoms with van der Waals surface area (Å²) in [5.41, 5.74) is 0. The summed E-state index contributed by atoms with van der Waals surface area (Å²) in [5, 5.41) is 3.27. The molecule has 0 fully saturated rings. The number of benzene rings is 1. The zero-order valence-electron chi connectivity index (χ0n) is 7.40. The van der Waals surface area contributed by atoms with E-state index in [9.17, 15) is 8.42 Å². The fourth-order valence-corrected chi connectivity index (χ4v) is 1.29. The normalized spacial score (nSPS) is 8.53. The first-order valence-electron chi connectivity index (χ1n) is 3.55. The van der Waals surface area contributed by atoms with Crippen LogP contribution in [-0.4, -0.2) is 18.7 Å². The standard InChI is InChI=1S/C6H6.C2N2O2S3/c1-2-4-6-5-3-1;5-9(6,3-1-7)4-2-8/h1-6H;. The Morgan fingerprint density at radius 3 is 1.27 bits per heavy atom. The second-order valence-corrected chi connectivity index (χ2v) is 3.59. The van der Waals surface area contributed by atoms with E-state index in [0.717, 1.165) is 0 Å². The summed E-state index contributed by atoms with van der Waals surface area (Å²) in [6.07, 6.45) is 0. The van der Waals surface area contributed by atoms with Crippen molar-refractivity contribution in [2.75, 3.05) is 0 Å². The highest BCUT2D eigenvalue weighted by Crippen LogP contribution is 1.88. The molecule has 1 aromatic rings. The molecule has 0 atom stereocenters. The second-order valence-electron chi connectivity index (χ2n) is 1.97. The van der Waals surface area contributed by atoms with Crippen molar-refractivity contribution in [3.63, 3.8) is 0 Å². The van der Waals surface area contributed by atoms with Crippen molar-refractivity contribution in [3.8, 4) is 0 Å². The molecule has 7 heteroatoms. The Morgan fingerprint density at radius 1 is 0.800 bits per heavy atom. The van der Waals surface area contributed by atoms with Gasteiger partial charge in [-0.15, -0.1) is 0 Å². The smallest absolute Gasteiger partial charge is 0.178 e. The van der Waals surface area contributed by atoms with Crippen LogP contribution in [0.4, 0.5) is 0 Å². The summed E-state index contributed by atoms with van der Waals surface area (Å²) in [6, 6.07) is 12.0. The number of nitrogens with zero attached hydrogens (tertiary/aromatic N) is 2. The Labute approximate surface area is 98.6 Å². The van der Waals surface area contributed by atoms with Gasteiger partial charge in [0.25, 0.3) is 0 Å². The van der Waals surface area contributed by atoms with Crippen LogP contribution in [-0.2, 0) is 10.2 Å². The molecule has 0 spiro atoms. The van der Waals surface area contributed by atoms with Gasteiger partial charge >= 0.3 is 10.2 Å². The first-order valence-corrected chi connectivity index (χ1v) is 5.77. The van der Waals surface area contributed by atoms with Crippen LogP contribution in [0.1, 0.15) is 0 Å². The maximum absolute atomic E-state index is 10.2. The highest BCUT2D eigenvalue weighted by Gasteiger charge is 1.98. The van der Waals surface area contributed by atoms with Gasteiger partial charge in [0.15, 0.2) is 0 Å². The van der Waals surface area contributed by atoms with Crippen LogP contribution in [0.2, 0.25) is 0 Å². The zero-order valence-corrected chi connectivity index (χ0v) is 9.85. The third-order valence-corrected chi connectivity index (χ3v) is 2.03. The van der Waals surface area contributed by atoms with Gasteiger partial charge < -0.3 is 0 Å². The molecule has 15 heavy (non-hydrogen) atoms. The molecule has 1 aromatic carbocycles. The Kier molecular flexibility index (Phi) is 7.44. The Morgan fingerprint density at radius 2 is 1.07 bits per heavy atom. The van der Waals surface area contributed by atoms with Gasteiger partial charge in [0, 0.05) is 0 Å². The number of isothiocyanates is 2. The minimum absolute atomic E-state index is 1.63. The van der Waals surface area contributed by atoms with Crippen molar-refractivity contribution >= 4 is 45.0 Å². The lowest BCUT2D eigenvalue weighted by molar-refractivity contribution is 0.600. The van der Waals surface area contributed by atoms with Crippen molar-refractivity contribution < 1.29 is 8.42 Å². The number of rotatable bonds is 2. The summed E-state index contributed by atoms with van der Waals surface area (Å²) in [4.78, 5) is 0. The molecule has 0 heterocycles. The zero-order chi connectivity index (χ0) is 11.6. The number of thiocarbonyl (C=S) groups is 2. The lowest BCUT2D eigenvalue weighted by atomic mass is 10.4. The van der Waals surface area contributed by atoms with Gasteiger partial charge in [-0.1, -0.05) is 45.2 Å². The molecular formula is C8H6N2O2S3. The molecule has 0 aromatic heterocycles. The van der Waals surface area contributed by atoms with Crippen LogP contribution in [0.3, 0.4) is 0 Å². The van der Waals surface area contributed by atoms with Crippen molar-refractivity contribution in [1.29, 1.82) is 0 Å². The predicted molar refractivity (Wildman–Crippen MR) is 65.4 cm³/mol. The minimum atomic E-state index is -3.86. The first-order chi connectivity index (χ1) is 7.12. The van der Waals surface area contributed by atoms with Crippen LogP contribution < -0.4 is 0 Å². The molecule has 0 saturated carbocycles. The molecular weight excluding hydrogens is 252 g/mol. The van der Waals surface area contributed by atoms with Crippen molar-refractivity contribution in [1.82, 2.24) is 0 Å². The van der Waals surface area contributed by atoms with Gasteiger partial charge in [0.1, 0.15) is 0 Å². The molecule has 0 N–H and O–H groups in total. The third kappa shape index (κ3) is 9.08. The second kappa shape index (κ2) is 8.11. The van der Waals surface area contributed by atoms with Gasteiger partial charge in [0.2, 0.25) is 0 Å². The van der Waals surface area contributed by atoms with Crippen molar-refractivity contribution in [2.45, 2.75) is 0 Å². The van der Waals surface area contributed by atoms with Crippen LogP contribution in [0.15, 0.2) is 45.2 Å². The lowest BCUT2D eigenvalue weighted by Gasteiger charge is -1.75. The van der Waals surface area contributed by atoms with E-state index in [4.69, 9.17) is 0 Å². The van der Waals surface area contributed by atoms with E-state index in [1.54, 1.807) is 10.3 Å². The topological polar surface area (TPSA) is 58.9 Å². The highest BCUT2D eigenvalue weighted by molar-refractivity contribution is 7.90. The molecule has 0 aliphatic carbocycles. The SMILES string of the molecule is O=S(=O)(N=C=S)N=C=S.c1ccccc1. The lowest BCUT2D eigenvalue weighted by Crippen LogP contribution is -1.85. The molecule has 78 valence electrons. The van der Waals surface area contributed by atoms with E-state index in [2.05, 4.69) is 33.2 Å². The van der Waals surface area contributed by atoms with Crippen molar-refractivity contribution in [2.24, 2.45) is 8.80 Å². The molecule has 0 aliphatic rings. The van der Waals surface area contributed by atoms with Crippen LogP contribution in [0, 0.1) is 0 Å². The molecule has 0 unspecified atom stereocenters. The summed E-state index contributed by atoms with van der Waals surface area (Å²) in [5.74, 6) is 0. The van der Waals surface area contributed by atoms with E-state index in [1.807, 2.05) is 36.4 Å². The number of hydrogen-bond donors (Lipinski definition) is 0. The highest BCUT2D eigenvalue weighted by atomic mass is 32.2. The summed E-state index contributed by atoms with van der Waals surface area (Å²) in [7, 11) is -3.86. The average molecular weight is 258 g/mol. The molecule has 0 aliphatic heterocycles. The van der Waals surface area contributed by atoms with Crippen LogP contribution in [0.25, 0.3) is 0 Å². The number of hydrogen-bond acceptors (Lipinski definition) is 4. The quantitative estimate of drug-likeness (QED) is 0.602. The Bertz CT molecular complexity index is 421. The van der Waals surface area contributed by atoms with E-state index in [1.165, 1.54) is 0 Å². The van der Waals surface area contributed by atoms with E-state index < -0.39 is 10.2 Å². The average Bonchev–Trinajstić information content (AvgIpc) is 2.21. The summed E-state index contributed by atoms with van der Waals surface area (Å²) >= 11 is 7.99. The van der Waals surface area contributed by atoms with E-state index in [0.29, 0.717) is 0 Å². The monoisotopic (exact) mass is 258 g/mol. The third-order valence-electron chi connectivity index (χ3n) is 0.972. The van der Waals surface area contributed by atoms with Crippen LogP contribution >= 0.6 is 24.4 Å². The molecule has 0 saturated heterocycles. The Hall–Kier alpha value is -1.23. The fraction of sp³-hybridized carbons (Fsp3) is 0. The van der Waals surface area contributed by atoms with Gasteiger partial charge in [-0.25, -0.2) is 0 Å². The largest absolute Gasteiger partial charge is 0.379 e. The molecule has 4 nitrogen and oxygen atoms in total. The fourth-order valence-electron chi connectivity index (χ4n) is 0.500. The van der Waals surface area contributed by atoms with E-state index in [-0.39, 0.29) is 0 Å². The summed E-state index contributed by atoms with van der Waals surface area (Å²) in [6.45, 7) is 0. The summed E-state index contributed by atoms with van der Waals surface area (Å²) < 4.78 is 25.9. The molecule has 0 amide bonds. The van der Waals surface area contributed by atoms with Gasteiger partial charge in [-0.2, -0.15) is 8.42 Å². The maximum atomic E-state index is 10.2. The predicted octanol–water partition coefficient (Wildman–Crippen LogP) is 2.12. The van der Waals surface area contributed by atoms with Gasteiger partial charge in [-0.3, -0.25) is 0 Å². The maximum Gasteiger partial charge on any atom is 0.379 e. The van der Waals surface area contributed by atoms with Gasteiger partial charge in [-0.05, 0) is 24.4 Å². The Balaban J connectivity index is 0.000000280. The van der Waals surface area contributed by atoms with Crippen LogP contribution in [0.5, 0.6) is 0 Å². The van der Waals surface area contributed by atoms with Gasteiger partial charge in [0.05, 0.1) is 10.3 Å². The first kappa shape index (κ1) is 13.8. The molecule has 0 bridgehead atoms. The molecule has 0 radical (unpaired) electrons. The van der Waals surface area contributed by atoms with Crippen molar-refractivity contribution in [3.05, 3.63) is 36.4 Å². The minimum Gasteiger partial charge on any atom is -0.178 e. The van der Waals surface area contributed by atoms with E-state index >= 15 is 0 Å². The molecule has 1 rings (SSSR count).